The summed E-state index contributed by atoms with van der Waals surface area (Å²) in [5.41, 5.74) is 7.41. The Morgan fingerprint density at radius 1 is 1.75 bits per heavy atom. The Kier molecular flexibility index (Phi) is 2.23. The highest BCUT2D eigenvalue weighted by Gasteiger charge is 2.24. The molecule has 0 saturated carbocycles. The molecular formula is C7H12N4S. The molecule has 0 aliphatic carbocycles. The van der Waals surface area contributed by atoms with E-state index >= 15 is 0 Å². The van der Waals surface area contributed by atoms with Gasteiger partial charge in [0, 0.05) is 19.1 Å². The van der Waals surface area contributed by atoms with Gasteiger partial charge in [-0.1, -0.05) is 11.3 Å². The number of nitrogens with two attached hydrogens (primary N) is 1. The van der Waals surface area contributed by atoms with Gasteiger partial charge in [-0.3, -0.25) is 0 Å². The van der Waals surface area contributed by atoms with Crippen LogP contribution in [0.2, 0.25) is 0 Å². The summed E-state index contributed by atoms with van der Waals surface area (Å²) in [7, 11) is 0. The molecule has 66 valence electrons. The molecule has 0 bridgehead atoms. The molecule has 1 unspecified atom stereocenters. The zero-order valence-corrected chi connectivity index (χ0v) is 7.63. The smallest absolute Gasteiger partial charge is 0.208 e. The summed E-state index contributed by atoms with van der Waals surface area (Å²) in [6.07, 6.45) is 2.41. The molecular weight excluding hydrogens is 172 g/mol. The van der Waals surface area contributed by atoms with Crippen molar-refractivity contribution in [3.8, 4) is 0 Å². The zero-order chi connectivity index (χ0) is 8.39. The van der Waals surface area contributed by atoms with Crippen LogP contribution in [-0.2, 0) is 0 Å². The van der Waals surface area contributed by atoms with Crippen molar-refractivity contribution in [2.45, 2.75) is 18.9 Å². The van der Waals surface area contributed by atoms with Crippen LogP contribution in [0.15, 0.2) is 5.51 Å². The average Bonchev–Trinajstić information content (AvgIpc) is 2.74. The van der Waals surface area contributed by atoms with Crippen molar-refractivity contribution >= 4 is 16.5 Å². The third-order valence-electron chi connectivity index (χ3n) is 2.24. The molecule has 0 radical (unpaired) electrons. The van der Waals surface area contributed by atoms with E-state index in [0.717, 1.165) is 18.2 Å². The second kappa shape index (κ2) is 3.37. The lowest BCUT2D eigenvalue weighted by atomic mass is 10.2. The Bertz CT molecular complexity index is 236. The quantitative estimate of drug-likeness (QED) is 0.725. The Balaban J connectivity index is 2.13. The number of aromatic nitrogens is 2. The molecule has 1 aromatic heterocycles. The highest BCUT2D eigenvalue weighted by Crippen LogP contribution is 2.25. The predicted octanol–water partition coefficient (Wildman–Crippen LogP) is 0.466. The van der Waals surface area contributed by atoms with Crippen LogP contribution in [0.5, 0.6) is 0 Å². The van der Waals surface area contributed by atoms with Gasteiger partial charge in [0.1, 0.15) is 5.51 Å². The van der Waals surface area contributed by atoms with E-state index in [1.165, 1.54) is 12.8 Å². The van der Waals surface area contributed by atoms with Gasteiger partial charge in [-0.05, 0) is 12.8 Å². The Morgan fingerprint density at radius 2 is 2.67 bits per heavy atom. The van der Waals surface area contributed by atoms with Gasteiger partial charge in [0.15, 0.2) is 0 Å². The Hall–Kier alpha value is -0.680. The van der Waals surface area contributed by atoms with Crippen LogP contribution in [0.1, 0.15) is 12.8 Å². The van der Waals surface area contributed by atoms with Crippen LogP contribution in [-0.4, -0.2) is 29.3 Å². The van der Waals surface area contributed by atoms with E-state index in [9.17, 15) is 0 Å². The summed E-state index contributed by atoms with van der Waals surface area (Å²) in [6.45, 7) is 1.80. The summed E-state index contributed by atoms with van der Waals surface area (Å²) in [5.74, 6) is 0. The first-order valence-electron chi connectivity index (χ1n) is 4.14. The molecule has 5 heteroatoms. The number of nitrogens with zero attached hydrogens (tertiary/aromatic N) is 3. The number of rotatable bonds is 2. The topological polar surface area (TPSA) is 55.0 Å². The van der Waals surface area contributed by atoms with Gasteiger partial charge in [-0.2, -0.15) is 0 Å². The first-order chi connectivity index (χ1) is 5.92. The second-order valence-corrected chi connectivity index (χ2v) is 3.76. The van der Waals surface area contributed by atoms with Crippen molar-refractivity contribution < 1.29 is 0 Å². The van der Waals surface area contributed by atoms with Gasteiger partial charge in [0.2, 0.25) is 5.13 Å². The molecule has 4 nitrogen and oxygen atoms in total. The minimum atomic E-state index is 0.484. The first-order valence-corrected chi connectivity index (χ1v) is 5.02. The summed E-state index contributed by atoms with van der Waals surface area (Å²) in [5, 5.41) is 8.87. The second-order valence-electron chi connectivity index (χ2n) is 2.95. The summed E-state index contributed by atoms with van der Waals surface area (Å²) in [6, 6.07) is 0.484. The van der Waals surface area contributed by atoms with Crippen molar-refractivity contribution in [2.24, 2.45) is 5.73 Å². The van der Waals surface area contributed by atoms with Gasteiger partial charge in [-0.15, -0.1) is 10.2 Å². The largest absolute Gasteiger partial charge is 0.342 e. The molecule has 1 aliphatic rings. The zero-order valence-electron chi connectivity index (χ0n) is 6.81. The average molecular weight is 184 g/mol. The lowest BCUT2D eigenvalue weighted by Gasteiger charge is -2.21. The van der Waals surface area contributed by atoms with E-state index in [1.54, 1.807) is 16.8 Å². The number of hydrogen-bond acceptors (Lipinski definition) is 5. The van der Waals surface area contributed by atoms with E-state index in [4.69, 9.17) is 5.73 Å². The van der Waals surface area contributed by atoms with E-state index in [1.807, 2.05) is 0 Å². The third-order valence-corrected chi connectivity index (χ3v) is 2.97. The Morgan fingerprint density at radius 3 is 3.33 bits per heavy atom. The molecule has 1 aliphatic heterocycles. The maximum absolute atomic E-state index is 5.65. The molecule has 2 rings (SSSR count). The molecule has 0 aromatic carbocycles. The molecule has 12 heavy (non-hydrogen) atoms. The lowest BCUT2D eigenvalue weighted by molar-refractivity contribution is 0.673. The number of hydrogen-bond donors (Lipinski definition) is 1. The molecule has 2 N–H and O–H groups in total. The number of anilines is 1. The molecule has 1 aromatic rings. The van der Waals surface area contributed by atoms with Gasteiger partial charge in [0.25, 0.3) is 0 Å². The van der Waals surface area contributed by atoms with Crippen LogP contribution in [0.3, 0.4) is 0 Å². The van der Waals surface area contributed by atoms with E-state index in [0.29, 0.717) is 6.04 Å². The minimum Gasteiger partial charge on any atom is -0.342 e. The van der Waals surface area contributed by atoms with Crippen molar-refractivity contribution in [2.75, 3.05) is 18.0 Å². The lowest BCUT2D eigenvalue weighted by Crippen LogP contribution is -2.35. The summed E-state index contributed by atoms with van der Waals surface area (Å²) < 4.78 is 0. The normalized spacial score (nSPS) is 23.4. The molecule has 1 atom stereocenters. The maximum atomic E-state index is 5.65. The molecule has 2 heterocycles. The van der Waals surface area contributed by atoms with E-state index in [-0.39, 0.29) is 0 Å². The van der Waals surface area contributed by atoms with Crippen LogP contribution in [0, 0.1) is 0 Å². The highest BCUT2D eigenvalue weighted by molar-refractivity contribution is 7.13. The van der Waals surface area contributed by atoms with Gasteiger partial charge in [-0.25, -0.2) is 0 Å². The van der Waals surface area contributed by atoms with Crippen molar-refractivity contribution in [3.05, 3.63) is 5.51 Å². The van der Waals surface area contributed by atoms with Gasteiger partial charge in [0.05, 0.1) is 0 Å². The molecule has 0 spiro atoms. The SMILES string of the molecule is NCC1CCCN1c1nncs1. The first kappa shape index (κ1) is 7.94. The fourth-order valence-corrected chi connectivity index (χ4v) is 2.28. The fourth-order valence-electron chi connectivity index (χ4n) is 1.62. The Labute approximate surface area is 75.4 Å². The van der Waals surface area contributed by atoms with Crippen LogP contribution < -0.4 is 10.6 Å². The highest BCUT2D eigenvalue weighted by atomic mass is 32.1. The van der Waals surface area contributed by atoms with E-state index < -0.39 is 0 Å². The monoisotopic (exact) mass is 184 g/mol. The van der Waals surface area contributed by atoms with Crippen molar-refractivity contribution in [1.29, 1.82) is 0 Å². The van der Waals surface area contributed by atoms with Crippen molar-refractivity contribution in [3.63, 3.8) is 0 Å². The standard InChI is InChI=1S/C7H12N4S/c8-4-6-2-1-3-11(6)7-10-9-5-12-7/h5-6H,1-4,8H2. The maximum Gasteiger partial charge on any atom is 0.208 e. The predicted molar refractivity (Wildman–Crippen MR) is 49.3 cm³/mol. The third kappa shape index (κ3) is 1.30. The molecule has 0 amide bonds. The van der Waals surface area contributed by atoms with Crippen LogP contribution in [0.25, 0.3) is 0 Å². The minimum absolute atomic E-state index is 0.484. The summed E-state index contributed by atoms with van der Waals surface area (Å²) >= 11 is 1.59. The van der Waals surface area contributed by atoms with Gasteiger partial charge >= 0.3 is 0 Å². The van der Waals surface area contributed by atoms with Crippen molar-refractivity contribution in [1.82, 2.24) is 10.2 Å². The fraction of sp³-hybridized carbons (Fsp3) is 0.714. The van der Waals surface area contributed by atoms with Gasteiger partial charge < -0.3 is 10.6 Å². The molecule has 1 saturated heterocycles. The van der Waals surface area contributed by atoms with Crippen LogP contribution in [0.4, 0.5) is 5.13 Å². The van der Waals surface area contributed by atoms with E-state index in [2.05, 4.69) is 15.1 Å². The summed E-state index contributed by atoms with van der Waals surface area (Å²) in [4.78, 5) is 2.26. The molecule has 1 fully saturated rings. The van der Waals surface area contributed by atoms with Crippen LogP contribution >= 0.6 is 11.3 Å².